The van der Waals surface area contributed by atoms with Gasteiger partial charge in [-0.3, -0.25) is 0 Å². The summed E-state index contributed by atoms with van der Waals surface area (Å²) < 4.78 is 56.6. The first-order valence-corrected chi connectivity index (χ1v) is 7.53. The molecule has 2 aromatic heterocycles. The standard InChI is InChI=1S/C14H8F4S2/c15-11-9(7-3-1-5-19-7)12(16)14(18)10(13(11)17)8-4-2-6-20-8/h1-6,9,11H. The maximum atomic E-state index is 14.2. The molecule has 0 aromatic carbocycles. The predicted molar refractivity (Wildman–Crippen MR) is 73.5 cm³/mol. The molecule has 0 amide bonds. The summed E-state index contributed by atoms with van der Waals surface area (Å²) in [6, 6.07) is 6.07. The number of halogens is 4. The van der Waals surface area contributed by atoms with Gasteiger partial charge in [0.25, 0.3) is 0 Å². The van der Waals surface area contributed by atoms with Crippen molar-refractivity contribution in [3.8, 4) is 0 Å². The quantitative estimate of drug-likeness (QED) is 0.616. The van der Waals surface area contributed by atoms with Crippen molar-refractivity contribution in [1.29, 1.82) is 0 Å². The molecule has 0 bridgehead atoms. The highest BCUT2D eigenvalue weighted by molar-refractivity contribution is 7.11. The molecule has 104 valence electrons. The molecule has 0 radical (unpaired) electrons. The van der Waals surface area contributed by atoms with E-state index in [0.717, 1.165) is 22.7 Å². The monoisotopic (exact) mass is 316 g/mol. The molecule has 2 atom stereocenters. The van der Waals surface area contributed by atoms with Gasteiger partial charge < -0.3 is 0 Å². The lowest BCUT2D eigenvalue weighted by molar-refractivity contribution is 0.269. The molecular weight excluding hydrogens is 308 g/mol. The third kappa shape index (κ3) is 2.03. The summed E-state index contributed by atoms with van der Waals surface area (Å²) in [5, 5.41) is 3.21. The van der Waals surface area contributed by atoms with Gasteiger partial charge in [0.15, 0.2) is 12.0 Å². The topological polar surface area (TPSA) is 0 Å². The normalized spacial score (nSPS) is 23.6. The molecule has 0 aliphatic heterocycles. The molecule has 0 nitrogen and oxygen atoms in total. The number of alkyl halides is 1. The highest BCUT2D eigenvalue weighted by Gasteiger charge is 2.41. The van der Waals surface area contributed by atoms with Crippen LogP contribution < -0.4 is 0 Å². The van der Waals surface area contributed by atoms with E-state index in [1.807, 2.05) is 0 Å². The molecule has 1 aliphatic carbocycles. The molecule has 3 rings (SSSR count). The maximum Gasteiger partial charge on any atom is 0.166 e. The molecule has 2 unspecified atom stereocenters. The molecule has 0 spiro atoms. The van der Waals surface area contributed by atoms with Gasteiger partial charge in [0, 0.05) is 9.75 Å². The van der Waals surface area contributed by atoms with Gasteiger partial charge in [0.1, 0.15) is 11.7 Å². The first-order valence-electron chi connectivity index (χ1n) is 5.77. The number of thiophene rings is 2. The van der Waals surface area contributed by atoms with Crippen molar-refractivity contribution in [2.24, 2.45) is 0 Å². The zero-order valence-electron chi connectivity index (χ0n) is 9.95. The average molecular weight is 316 g/mol. The maximum absolute atomic E-state index is 14.2. The second-order valence-corrected chi connectivity index (χ2v) is 6.18. The summed E-state index contributed by atoms with van der Waals surface area (Å²) in [5.41, 5.74) is -0.599. The van der Waals surface area contributed by atoms with Crippen LogP contribution in [0.1, 0.15) is 15.7 Å². The van der Waals surface area contributed by atoms with E-state index in [0.29, 0.717) is 0 Å². The number of hydrogen-bond donors (Lipinski definition) is 0. The molecule has 0 fully saturated rings. The Hall–Kier alpha value is -1.40. The minimum atomic E-state index is -2.20. The van der Waals surface area contributed by atoms with Gasteiger partial charge in [0.05, 0.1) is 11.5 Å². The third-order valence-corrected chi connectivity index (χ3v) is 4.94. The van der Waals surface area contributed by atoms with Crippen molar-refractivity contribution in [2.45, 2.75) is 12.1 Å². The van der Waals surface area contributed by atoms with Crippen LogP contribution >= 0.6 is 22.7 Å². The summed E-state index contributed by atoms with van der Waals surface area (Å²) in [4.78, 5) is 0.452. The van der Waals surface area contributed by atoms with Crippen LogP contribution in [-0.2, 0) is 0 Å². The Morgan fingerprint density at radius 1 is 0.900 bits per heavy atom. The largest absolute Gasteiger partial charge is 0.239 e. The zero-order valence-corrected chi connectivity index (χ0v) is 11.6. The van der Waals surface area contributed by atoms with Gasteiger partial charge in [-0.25, -0.2) is 17.6 Å². The van der Waals surface area contributed by atoms with Crippen molar-refractivity contribution in [2.75, 3.05) is 0 Å². The summed E-state index contributed by atoms with van der Waals surface area (Å²) in [5.74, 6) is -5.33. The Kier molecular flexibility index (Phi) is 3.52. The fraction of sp³-hybridized carbons (Fsp3) is 0.143. The fourth-order valence-corrected chi connectivity index (χ4v) is 3.76. The number of hydrogen-bond acceptors (Lipinski definition) is 2. The SMILES string of the molecule is FC1=C(F)C(c2cccs2)C(F)C(F)=C1c1cccs1. The predicted octanol–water partition coefficient (Wildman–Crippen LogP) is 5.78. The van der Waals surface area contributed by atoms with E-state index in [-0.39, 0.29) is 9.75 Å². The smallest absolute Gasteiger partial charge is 0.166 e. The van der Waals surface area contributed by atoms with Crippen molar-refractivity contribution in [1.82, 2.24) is 0 Å². The lowest BCUT2D eigenvalue weighted by Gasteiger charge is -2.24. The Morgan fingerprint density at radius 2 is 1.60 bits per heavy atom. The van der Waals surface area contributed by atoms with E-state index in [2.05, 4.69) is 0 Å². The summed E-state index contributed by atoms with van der Waals surface area (Å²) in [6.45, 7) is 0. The molecule has 0 saturated carbocycles. The second kappa shape index (κ2) is 5.18. The van der Waals surface area contributed by atoms with Crippen LogP contribution in [-0.4, -0.2) is 6.17 Å². The van der Waals surface area contributed by atoms with Gasteiger partial charge in [-0.2, -0.15) is 0 Å². The van der Waals surface area contributed by atoms with Gasteiger partial charge in [-0.1, -0.05) is 12.1 Å². The van der Waals surface area contributed by atoms with Crippen LogP contribution in [0.4, 0.5) is 17.6 Å². The van der Waals surface area contributed by atoms with Crippen LogP contribution in [0.15, 0.2) is 52.5 Å². The van der Waals surface area contributed by atoms with Crippen LogP contribution in [0.3, 0.4) is 0 Å². The molecule has 2 aromatic rings. The Balaban J connectivity index is 2.13. The minimum absolute atomic E-state index is 0.183. The first-order chi connectivity index (χ1) is 9.61. The third-order valence-electron chi connectivity index (χ3n) is 3.09. The van der Waals surface area contributed by atoms with Crippen molar-refractivity contribution >= 4 is 28.2 Å². The molecule has 1 aliphatic rings. The van der Waals surface area contributed by atoms with E-state index < -0.39 is 35.1 Å². The molecule has 20 heavy (non-hydrogen) atoms. The highest BCUT2D eigenvalue weighted by Crippen LogP contribution is 2.48. The Morgan fingerprint density at radius 3 is 2.20 bits per heavy atom. The van der Waals surface area contributed by atoms with Gasteiger partial charge in [0.2, 0.25) is 0 Å². The average Bonchev–Trinajstić information content (AvgIpc) is 3.10. The Labute approximate surface area is 120 Å². The summed E-state index contributed by atoms with van der Waals surface area (Å²) >= 11 is 2.11. The van der Waals surface area contributed by atoms with E-state index in [4.69, 9.17) is 0 Å². The first kappa shape index (κ1) is 13.6. The van der Waals surface area contributed by atoms with Crippen molar-refractivity contribution < 1.29 is 17.6 Å². The summed E-state index contributed by atoms with van der Waals surface area (Å²) in [7, 11) is 0. The van der Waals surface area contributed by atoms with Gasteiger partial charge in [-0.05, 0) is 22.9 Å². The molecule has 0 N–H and O–H groups in total. The highest BCUT2D eigenvalue weighted by atomic mass is 32.1. The molecule has 0 saturated heterocycles. The summed E-state index contributed by atoms with van der Waals surface area (Å²) in [6.07, 6.45) is -2.20. The van der Waals surface area contributed by atoms with Gasteiger partial charge >= 0.3 is 0 Å². The lowest BCUT2D eigenvalue weighted by atomic mass is 9.90. The van der Waals surface area contributed by atoms with Crippen molar-refractivity contribution in [3.63, 3.8) is 0 Å². The van der Waals surface area contributed by atoms with Gasteiger partial charge in [-0.15, -0.1) is 22.7 Å². The number of rotatable bonds is 2. The van der Waals surface area contributed by atoms with Crippen LogP contribution in [0.25, 0.3) is 5.57 Å². The van der Waals surface area contributed by atoms with E-state index in [1.54, 1.807) is 22.9 Å². The van der Waals surface area contributed by atoms with Crippen LogP contribution in [0.2, 0.25) is 0 Å². The second-order valence-electron chi connectivity index (χ2n) is 4.26. The molecular formula is C14H8F4S2. The van der Waals surface area contributed by atoms with E-state index >= 15 is 0 Å². The van der Waals surface area contributed by atoms with E-state index in [1.165, 1.54) is 12.1 Å². The van der Waals surface area contributed by atoms with E-state index in [9.17, 15) is 17.6 Å². The molecule has 2 heterocycles. The van der Waals surface area contributed by atoms with Crippen LogP contribution in [0, 0.1) is 0 Å². The minimum Gasteiger partial charge on any atom is -0.239 e. The molecule has 6 heteroatoms. The Bertz CT molecular complexity index is 668. The lowest BCUT2D eigenvalue weighted by Crippen LogP contribution is -2.20. The van der Waals surface area contributed by atoms with Crippen molar-refractivity contribution in [3.05, 3.63) is 62.3 Å². The van der Waals surface area contributed by atoms with Crippen LogP contribution in [0.5, 0.6) is 0 Å². The fourth-order valence-electron chi connectivity index (χ4n) is 2.16. The zero-order chi connectivity index (χ0) is 14.3. The number of allylic oxidation sites excluding steroid dienone is 4.